The molecule has 1 heterocycles. The summed E-state index contributed by atoms with van der Waals surface area (Å²) in [4.78, 5) is 14.0. The highest BCUT2D eigenvalue weighted by Gasteiger charge is 2.25. The summed E-state index contributed by atoms with van der Waals surface area (Å²) in [6.07, 6.45) is 1.71. The molecule has 4 heteroatoms. The quantitative estimate of drug-likeness (QED) is 0.801. The van der Waals surface area contributed by atoms with Crippen molar-refractivity contribution in [1.29, 1.82) is 0 Å². The van der Waals surface area contributed by atoms with E-state index in [4.69, 9.17) is 9.47 Å². The predicted molar refractivity (Wildman–Crippen MR) is 97.2 cm³/mol. The van der Waals surface area contributed by atoms with Crippen LogP contribution in [0.5, 0.6) is 0 Å². The third kappa shape index (κ3) is 5.07. The zero-order valence-electron chi connectivity index (χ0n) is 14.6. The Balaban J connectivity index is 1.41. The Labute approximate surface area is 149 Å². The average Bonchev–Trinajstić information content (AvgIpc) is 2.68. The zero-order valence-corrected chi connectivity index (χ0v) is 14.6. The van der Waals surface area contributed by atoms with Gasteiger partial charge in [-0.25, -0.2) is 4.79 Å². The van der Waals surface area contributed by atoms with E-state index in [0.29, 0.717) is 19.7 Å². The molecular formula is C21H25NO3. The number of piperidine rings is 1. The maximum Gasteiger partial charge on any atom is 0.410 e. The van der Waals surface area contributed by atoms with Gasteiger partial charge in [-0.15, -0.1) is 0 Å². The highest BCUT2D eigenvalue weighted by Crippen LogP contribution is 2.23. The van der Waals surface area contributed by atoms with Crippen LogP contribution in [0.4, 0.5) is 4.79 Å². The fourth-order valence-electron chi connectivity index (χ4n) is 3.08. The van der Waals surface area contributed by atoms with Gasteiger partial charge in [-0.05, 0) is 30.9 Å². The lowest BCUT2D eigenvalue weighted by molar-refractivity contribution is -0.0353. The molecule has 0 aliphatic carbocycles. The smallest absolute Gasteiger partial charge is 0.410 e. The van der Waals surface area contributed by atoms with E-state index in [-0.39, 0.29) is 18.3 Å². The minimum Gasteiger partial charge on any atom is -0.445 e. The predicted octanol–water partition coefficient (Wildman–Crippen LogP) is 4.57. The summed E-state index contributed by atoms with van der Waals surface area (Å²) in [7, 11) is 0. The minimum atomic E-state index is -0.238. The van der Waals surface area contributed by atoms with Crippen molar-refractivity contribution in [3.05, 3.63) is 71.8 Å². The molecule has 1 amide bonds. The van der Waals surface area contributed by atoms with Crippen LogP contribution in [0.2, 0.25) is 0 Å². The van der Waals surface area contributed by atoms with Crippen molar-refractivity contribution in [3.8, 4) is 0 Å². The van der Waals surface area contributed by atoms with Crippen LogP contribution in [-0.4, -0.2) is 30.2 Å². The SMILES string of the molecule is C[C@H](OC1CCN(C(=O)OCc2ccccc2)CC1)c1ccccc1. The van der Waals surface area contributed by atoms with Crippen molar-refractivity contribution >= 4 is 6.09 Å². The maximum atomic E-state index is 12.2. The first-order valence-corrected chi connectivity index (χ1v) is 8.88. The molecular weight excluding hydrogens is 314 g/mol. The lowest BCUT2D eigenvalue weighted by Gasteiger charge is -2.32. The molecule has 0 radical (unpaired) electrons. The van der Waals surface area contributed by atoms with Crippen LogP contribution in [0.3, 0.4) is 0 Å². The lowest BCUT2D eigenvalue weighted by Crippen LogP contribution is -2.41. The van der Waals surface area contributed by atoms with E-state index in [2.05, 4.69) is 19.1 Å². The molecule has 1 saturated heterocycles. The number of ether oxygens (including phenoxy) is 2. The van der Waals surface area contributed by atoms with E-state index in [1.165, 1.54) is 5.56 Å². The van der Waals surface area contributed by atoms with Crippen LogP contribution < -0.4 is 0 Å². The Morgan fingerprint density at radius 1 is 1.04 bits per heavy atom. The molecule has 4 nitrogen and oxygen atoms in total. The molecule has 0 N–H and O–H groups in total. The van der Waals surface area contributed by atoms with E-state index in [1.807, 2.05) is 48.5 Å². The number of carbonyl (C=O) groups is 1. The third-order valence-corrected chi connectivity index (χ3v) is 4.57. The van der Waals surface area contributed by atoms with E-state index < -0.39 is 0 Å². The van der Waals surface area contributed by atoms with Gasteiger partial charge in [0.15, 0.2) is 0 Å². The van der Waals surface area contributed by atoms with Crippen molar-refractivity contribution in [3.63, 3.8) is 0 Å². The van der Waals surface area contributed by atoms with Crippen molar-refractivity contribution in [2.24, 2.45) is 0 Å². The molecule has 1 fully saturated rings. The van der Waals surface area contributed by atoms with Crippen LogP contribution in [0.1, 0.15) is 37.0 Å². The standard InChI is InChI=1S/C21H25NO3/c1-17(19-10-6-3-7-11-19)25-20-12-14-22(15-13-20)21(23)24-16-18-8-4-2-5-9-18/h2-11,17,20H,12-16H2,1H3/t17-/m0/s1. The molecule has 1 aliphatic heterocycles. The highest BCUT2D eigenvalue weighted by molar-refractivity contribution is 5.67. The Morgan fingerprint density at radius 2 is 1.64 bits per heavy atom. The number of amides is 1. The number of benzene rings is 2. The second-order valence-corrected chi connectivity index (χ2v) is 6.42. The molecule has 2 aromatic rings. The van der Waals surface area contributed by atoms with Gasteiger partial charge >= 0.3 is 6.09 Å². The largest absolute Gasteiger partial charge is 0.445 e. The second kappa shape index (κ2) is 8.67. The number of carbonyl (C=O) groups excluding carboxylic acids is 1. The van der Waals surface area contributed by atoms with Gasteiger partial charge in [0.05, 0.1) is 12.2 Å². The highest BCUT2D eigenvalue weighted by atomic mass is 16.6. The number of nitrogens with zero attached hydrogens (tertiary/aromatic N) is 1. The lowest BCUT2D eigenvalue weighted by atomic mass is 10.1. The van der Waals surface area contributed by atoms with Crippen molar-refractivity contribution in [2.75, 3.05) is 13.1 Å². The second-order valence-electron chi connectivity index (χ2n) is 6.42. The van der Waals surface area contributed by atoms with Gasteiger partial charge in [-0.1, -0.05) is 60.7 Å². The summed E-state index contributed by atoms with van der Waals surface area (Å²) < 4.78 is 11.6. The fourth-order valence-corrected chi connectivity index (χ4v) is 3.08. The monoisotopic (exact) mass is 339 g/mol. The fraction of sp³-hybridized carbons (Fsp3) is 0.381. The summed E-state index contributed by atoms with van der Waals surface area (Å²) in [6, 6.07) is 20.0. The summed E-state index contributed by atoms with van der Waals surface area (Å²) in [5.41, 5.74) is 2.19. The molecule has 0 saturated carbocycles. The first kappa shape index (κ1) is 17.5. The Bertz CT molecular complexity index is 651. The van der Waals surface area contributed by atoms with Crippen molar-refractivity contribution in [2.45, 2.75) is 38.6 Å². The summed E-state index contributed by atoms with van der Waals surface area (Å²) in [5.74, 6) is 0. The normalized spacial score (nSPS) is 16.4. The van der Waals surface area contributed by atoms with Crippen LogP contribution in [-0.2, 0) is 16.1 Å². The molecule has 0 spiro atoms. The van der Waals surface area contributed by atoms with Crippen LogP contribution >= 0.6 is 0 Å². The molecule has 0 bridgehead atoms. The van der Waals surface area contributed by atoms with Gasteiger partial charge in [-0.3, -0.25) is 0 Å². The molecule has 0 unspecified atom stereocenters. The maximum absolute atomic E-state index is 12.2. The first-order valence-electron chi connectivity index (χ1n) is 8.88. The molecule has 1 aliphatic rings. The van der Waals surface area contributed by atoms with E-state index >= 15 is 0 Å². The minimum absolute atomic E-state index is 0.0720. The molecule has 1 atom stereocenters. The molecule has 2 aromatic carbocycles. The van der Waals surface area contributed by atoms with E-state index in [0.717, 1.165) is 18.4 Å². The Morgan fingerprint density at radius 3 is 2.28 bits per heavy atom. The summed E-state index contributed by atoms with van der Waals surface area (Å²) in [6.45, 7) is 3.76. The van der Waals surface area contributed by atoms with Crippen molar-refractivity contribution in [1.82, 2.24) is 4.90 Å². The van der Waals surface area contributed by atoms with Gasteiger partial charge in [0.2, 0.25) is 0 Å². The topological polar surface area (TPSA) is 38.8 Å². The van der Waals surface area contributed by atoms with Gasteiger partial charge in [0.1, 0.15) is 6.61 Å². The first-order chi connectivity index (χ1) is 12.2. The number of likely N-dealkylation sites (tertiary alicyclic amines) is 1. The summed E-state index contributed by atoms with van der Waals surface area (Å²) >= 11 is 0. The van der Waals surface area contributed by atoms with Crippen LogP contribution in [0.15, 0.2) is 60.7 Å². The van der Waals surface area contributed by atoms with Gasteiger partial charge in [0.25, 0.3) is 0 Å². The third-order valence-electron chi connectivity index (χ3n) is 4.57. The Hall–Kier alpha value is -2.33. The Kier molecular flexibility index (Phi) is 6.07. The number of hydrogen-bond acceptors (Lipinski definition) is 3. The molecule has 0 aromatic heterocycles. The van der Waals surface area contributed by atoms with Gasteiger partial charge in [0, 0.05) is 13.1 Å². The molecule has 25 heavy (non-hydrogen) atoms. The summed E-state index contributed by atoms with van der Waals surface area (Å²) in [5, 5.41) is 0. The number of hydrogen-bond donors (Lipinski definition) is 0. The van der Waals surface area contributed by atoms with E-state index in [9.17, 15) is 4.79 Å². The zero-order chi connectivity index (χ0) is 17.5. The van der Waals surface area contributed by atoms with E-state index in [1.54, 1.807) is 4.90 Å². The average molecular weight is 339 g/mol. The van der Waals surface area contributed by atoms with Gasteiger partial charge in [-0.2, -0.15) is 0 Å². The number of rotatable bonds is 5. The molecule has 132 valence electrons. The van der Waals surface area contributed by atoms with Crippen LogP contribution in [0, 0.1) is 0 Å². The van der Waals surface area contributed by atoms with Crippen molar-refractivity contribution < 1.29 is 14.3 Å². The van der Waals surface area contributed by atoms with Crippen LogP contribution in [0.25, 0.3) is 0 Å². The van der Waals surface area contributed by atoms with Gasteiger partial charge < -0.3 is 14.4 Å². The molecule has 3 rings (SSSR count).